The Kier molecular flexibility index (Phi) is 4.30. The van der Waals surface area contributed by atoms with Gasteiger partial charge in [-0.15, -0.1) is 0 Å². The second-order valence-corrected chi connectivity index (χ2v) is 7.54. The third-order valence-electron chi connectivity index (χ3n) is 5.98. The molecule has 2 aliphatic carbocycles. The van der Waals surface area contributed by atoms with Crippen molar-refractivity contribution in [2.45, 2.75) is 63.5 Å². The van der Waals surface area contributed by atoms with E-state index in [0.29, 0.717) is 19.0 Å². The van der Waals surface area contributed by atoms with E-state index in [1.807, 2.05) is 11.0 Å². The van der Waals surface area contributed by atoms with E-state index in [4.69, 9.17) is 0 Å². The van der Waals surface area contributed by atoms with E-state index in [1.54, 1.807) is 0 Å². The number of nitrogens with zero attached hydrogens (tertiary/aromatic N) is 1. The lowest BCUT2D eigenvalue weighted by Gasteiger charge is -2.28. The average Bonchev–Trinajstić information content (AvgIpc) is 3.24. The summed E-state index contributed by atoms with van der Waals surface area (Å²) in [5.41, 5.74) is 2.61. The Morgan fingerprint density at radius 2 is 1.88 bits per heavy atom. The lowest BCUT2D eigenvalue weighted by molar-refractivity contribution is -0.130. The molecule has 1 aliphatic heterocycles. The maximum Gasteiger partial charge on any atom is 0.225 e. The number of amides is 2. The number of rotatable bonds is 3. The van der Waals surface area contributed by atoms with Crippen molar-refractivity contribution in [1.82, 2.24) is 10.2 Å². The van der Waals surface area contributed by atoms with E-state index >= 15 is 0 Å². The van der Waals surface area contributed by atoms with E-state index in [1.165, 1.54) is 24.0 Å². The first-order valence-corrected chi connectivity index (χ1v) is 9.40. The van der Waals surface area contributed by atoms with Gasteiger partial charge < -0.3 is 10.2 Å². The molecule has 1 saturated carbocycles. The summed E-state index contributed by atoms with van der Waals surface area (Å²) in [6.07, 6.45) is 8.23. The summed E-state index contributed by atoms with van der Waals surface area (Å²) in [6.45, 7) is 0.615. The molecule has 2 fully saturated rings. The number of aryl methyl sites for hydroxylation is 1. The van der Waals surface area contributed by atoms with E-state index < -0.39 is 0 Å². The van der Waals surface area contributed by atoms with E-state index in [-0.39, 0.29) is 23.8 Å². The number of benzene rings is 1. The molecule has 0 spiro atoms. The van der Waals surface area contributed by atoms with Gasteiger partial charge in [0.25, 0.3) is 0 Å². The molecule has 0 unspecified atom stereocenters. The topological polar surface area (TPSA) is 49.4 Å². The summed E-state index contributed by atoms with van der Waals surface area (Å²) in [6, 6.07) is 8.89. The second kappa shape index (κ2) is 6.58. The molecule has 4 heteroatoms. The summed E-state index contributed by atoms with van der Waals surface area (Å²) < 4.78 is 0. The first-order chi connectivity index (χ1) is 11.7. The maximum atomic E-state index is 12.7. The van der Waals surface area contributed by atoms with E-state index in [0.717, 1.165) is 32.1 Å². The molecule has 1 aromatic carbocycles. The van der Waals surface area contributed by atoms with Crippen LogP contribution in [0, 0.1) is 5.92 Å². The molecular weight excluding hydrogens is 300 g/mol. The van der Waals surface area contributed by atoms with Crippen molar-refractivity contribution < 1.29 is 9.59 Å². The van der Waals surface area contributed by atoms with Crippen LogP contribution in [0.3, 0.4) is 0 Å². The maximum absolute atomic E-state index is 12.7. The minimum absolute atomic E-state index is 0.0607. The van der Waals surface area contributed by atoms with Gasteiger partial charge in [-0.05, 0) is 43.2 Å². The van der Waals surface area contributed by atoms with Crippen LogP contribution >= 0.6 is 0 Å². The number of fused-ring (bicyclic) bond motifs is 1. The van der Waals surface area contributed by atoms with Crippen molar-refractivity contribution in [3.8, 4) is 0 Å². The highest BCUT2D eigenvalue weighted by molar-refractivity contribution is 5.89. The number of hydrogen-bond acceptors (Lipinski definition) is 2. The Morgan fingerprint density at radius 1 is 1.08 bits per heavy atom. The predicted octanol–water partition coefficient (Wildman–Crippen LogP) is 2.97. The van der Waals surface area contributed by atoms with Gasteiger partial charge in [0.15, 0.2) is 0 Å². The minimum atomic E-state index is -0.174. The van der Waals surface area contributed by atoms with Crippen LogP contribution in [-0.4, -0.2) is 29.3 Å². The fourth-order valence-corrected chi connectivity index (χ4v) is 4.67. The number of nitrogens with one attached hydrogen (secondary N) is 1. The molecule has 2 atom stereocenters. The zero-order chi connectivity index (χ0) is 16.5. The first kappa shape index (κ1) is 15.7. The summed E-state index contributed by atoms with van der Waals surface area (Å²) in [7, 11) is 0. The number of hydrogen-bond donors (Lipinski definition) is 1. The van der Waals surface area contributed by atoms with Gasteiger partial charge in [0.05, 0.1) is 12.0 Å². The van der Waals surface area contributed by atoms with Crippen LogP contribution in [0.25, 0.3) is 0 Å². The lowest BCUT2D eigenvalue weighted by atomic mass is 9.87. The van der Waals surface area contributed by atoms with Crippen molar-refractivity contribution in [1.29, 1.82) is 0 Å². The average molecular weight is 326 g/mol. The number of carbonyl (C=O) groups excluding carboxylic acids is 2. The summed E-state index contributed by atoms with van der Waals surface area (Å²) in [4.78, 5) is 27.0. The molecule has 3 aliphatic rings. The molecular formula is C20H26N2O2. The van der Waals surface area contributed by atoms with Crippen LogP contribution in [0.1, 0.15) is 62.1 Å². The normalized spacial score (nSPS) is 27.3. The van der Waals surface area contributed by atoms with Crippen LogP contribution in [0.4, 0.5) is 0 Å². The van der Waals surface area contributed by atoms with Crippen molar-refractivity contribution in [2.24, 2.45) is 5.92 Å². The van der Waals surface area contributed by atoms with Gasteiger partial charge in [-0.3, -0.25) is 9.59 Å². The Morgan fingerprint density at radius 3 is 2.71 bits per heavy atom. The van der Waals surface area contributed by atoms with Gasteiger partial charge in [-0.2, -0.15) is 0 Å². The molecule has 24 heavy (non-hydrogen) atoms. The number of carbonyl (C=O) groups is 2. The molecule has 4 rings (SSSR count). The largest absolute Gasteiger partial charge is 0.349 e. The van der Waals surface area contributed by atoms with E-state index in [9.17, 15) is 9.59 Å². The number of likely N-dealkylation sites (tertiary alicyclic amines) is 1. The third-order valence-corrected chi connectivity index (χ3v) is 5.98. The lowest BCUT2D eigenvalue weighted by Crippen LogP contribution is -2.38. The second-order valence-electron chi connectivity index (χ2n) is 7.54. The zero-order valence-electron chi connectivity index (χ0n) is 14.2. The molecule has 0 aromatic heterocycles. The molecule has 128 valence electrons. The Labute approximate surface area is 143 Å². The SMILES string of the molecule is O=C(N[C@H]1CCCc2ccccc21)[C@H]1CC(=O)N(C2CCCC2)C1. The van der Waals surface area contributed by atoms with Crippen molar-refractivity contribution in [2.75, 3.05) is 6.54 Å². The predicted molar refractivity (Wildman–Crippen MR) is 92.3 cm³/mol. The third kappa shape index (κ3) is 2.94. The molecule has 4 nitrogen and oxygen atoms in total. The van der Waals surface area contributed by atoms with Gasteiger partial charge in [-0.25, -0.2) is 0 Å². The highest BCUT2D eigenvalue weighted by Gasteiger charge is 2.39. The minimum Gasteiger partial charge on any atom is -0.349 e. The monoisotopic (exact) mass is 326 g/mol. The standard InChI is InChI=1S/C20H26N2O2/c23-19-12-15(13-22(19)16-8-2-3-9-16)20(24)21-18-11-5-7-14-6-1-4-10-17(14)18/h1,4,6,10,15-16,18H,2-3,5,7-9,11-13H2,(H,21,24)/t15-,18-/m0/s1. The summed E-state index contributed by atoms with van der Waals surface area (Å²) >= 11 is 0. The first-order valence-electron chi connectivity index (χ1n) is 9.40. The molecule has 1 saturated heterocycles. The molecule has 0 bridgehead atoms. The van der Waals surface area contributed by atoms with Gasteiger partial charge in [-0.1, -0.05) is 37.1 Å². The van der Waals surface area contributed by atoms with Gasteiger partial charge in [0.2, 0.25) is 11.8 Å². The quantitative estimate of drug-likeness (QED) is 0.928. The molecule has 1 heterocycles. The fraction of sp³-hybridized carbons (Fsp3) is 0.600. The Balaban J connectivity index is 1.41. The van der Waals surface area contributed by atoms with Crippen molar-refractivity contribution >= 4 is 11.8 Å². The fourth-order valence-electron chi connectivity index (χ4n) is 4.67. The van der Waals surface area contributed by atoms with Crippen LogP contribution in [-0.2, 0) is 16.0 Å². The highest BCUT2D eigenvalue weighted by Crippen LogP contribution is 2.32. The zero-order valence-corrected chi connectivity index (χ0v) is 14.2. The van der Waals surface area contributed by atoms with Crippen LogP contribution in [0.2, 0.25) is 0 Å². The summed E-state index contributed by atoms with van der Waals surface area (Å²) in [5, 5.41) is 3.23. The van der Waals surface area contributed by atoms with Gasteiger partial charge >= 0.3 is 0 Å². The Bertz CT molecular complexity index is 636. The smallest absolute Gasteiger partial charge is 0.225 e. The summed E-state index contributed by atoms with van der Waals surface area (Å²) in [5.74, 6) is 0.0591. The van der Waals surface area contributed by atoms with Crippen molar-refractivity contribution in [3.63, 3.8) is 0 Å². The molecule has 1 aromatic rings. The highest BCUT2D eigenvalue weighted by atomic mass is 16.2. The Hall–Kier alpha value is -1.84. The van der Waals surface area contributed by atoms with Crippen molar-refractivity contribution in [3.05, 3.63) is 35.4 Å². The molecule has 0 radical (unpaired) electrons. The molecule has 2 amide bonds. The molecule has 1 N–H and O–H groups in total. The van der Waals surface area contributed by atoms with Crippen LogP contribution in [0.15, 0.2) is 24.3 Å². The van der Waals surface area contributed by atoms with E-state index in [2.05, 4.69) is 23.5 Å². The van der Waals surface area contributed by atoms with Gasteiger partial charge in [0, 0.05) is 19.0 Å². The van der Waals surface area contributed by atoms with Crippen LogP contribution in [0.5, 0.6) is 0 Å². The van der Waals surface area contributed by atoms with Crippen LogP contribution < -0.4 is 5.32 Å². The van der Waals surface area contributed by atoms with Gasteiger partial charge in [0.1, 0.15) is 0 Å².